The van der Waals surface area contributed by atoms with Gasteiger partial charge in [-0.1, -0.05) is 35.5 Å². The van der Waals surface area contributed by atoms with Crippen molar-refractivity contribution >= 4 is 5.91 Å². The summed E-state index contributed by atoms with van der Waals surface area (Å²) in [5.41, 5.74) is 3.24. The van der Waals surface area contributed by atoms with Crippen molar-refractivity contribution in [2.24, 2.45) is 11.8 Å². The molecule has 3 atom stereocenters. The lowest BCUT2D eigenvalue weighted by molar-refractivity contribution is -0.121. The second kappa shape index (κ2) is 9.75. The topological polar surface area (TPSA) is 70.4 Å². The minimum atomic E-state index is 0.109. The lowest BCUT2D eigenvalue weighted by Gasteiger charge is -2.46. The fourth-order valence-electron chi connectivity index (χ4n) is 5.09. The van der Waals surface area contributed by atoms with Crippen LogP contribution in [0.15, 0.2) is 34.9 Å². The number of rotatable bonds is 8. The second-order valence-corrected chi connectivity index (χ2v) is 9.03. The van der Waals surface area contributed by atoms with Crippen molar-refractivity contribution in [3.63, 3.8) is 0 Å². The molecule has 2 aromatic rings. The zero-order valence-electron chi connectivity index (χ0n) is 18.2. The van der Waals surface area contributed by atoms with E-state index in [0.29, 0.717) is 24.9 Å². The third-order valence-corrected chi connectivity index (χ3v) is 6.69. The molecule has 1 amide bonds. The van der Waals surface area contributed by atoms with Crippen molar-refractivity contribution in [1.29, 1.82) is 0 Å². The first-order chi connectivity index (χ1) is 14.6. The molecule has 2 fully saturated rings. The van der Waals surface area contributed by atoms with Crippen LogP contribution in [0, 0.1) is 25.7 Å². The number of piperidine rings is 2. The summed E-state index contributed by atoms with van der Waals surface area (Å²) in [6.45, 7) is 8.78. The molecule has 4 rings (SSSR count). The van der Waals surface area contributed by atoms with E-state index < -0.39 is 0 Å². The van der Waals surface area contributed by atoms with Gasteiger partial charge < -0.3 is 15.2 Å². The maximum absolute atomic E-state index is 12.3. The predicted molar refractivity (Wildman–Crippen MR) is 117 cm³/mol. The molecule has 3 heterocycles. The number of hydrogen-bond donors (Lipinski definition) is 2. The fourth-order valence-corrected chi connectivity index (χ4v) is 5.09. The largest absolute Gasteiger partial charge is 0.361 e. The highest BCUT2D eigenvalue weighted by Crippen LogP contribution is 2.31. The molecule has 30 heavy (non-hydrogen) atoms. The van der Waals surface area contributed by atoms with E-state index in [2.05, 4.69) is 51.0 Å². The SMILES string of the molecule is Cc1noc(C)c1CNC(=O)CCC[C@H]1NC[C@@H]2C[C@@H]1CN(Cc1ccccc1)C2. The highest BCUT2D eigenvalue weighted by atomic mass is 16.5. The third-order valence-electron chi connectivity index (χ3n) is 6.69. The normalized spacial score (nSPS) is 24.0. The first-order valence-electron chi connectivity index (χ1n) is 11.3. The summed E-state index contributed by atoms with van der Waals surface area (Å²) in [4.78, 5) is 14.9. The Balaban J connectivity index is 1.21. The van der Waals surface area contributed by atoms with Gasteiger partial charge in [-0.3, -0.25) is 9.69 Å². The Hall–Kier alpha value is -2.18. The number of carbonyl (C=O) groups is 1. The zero-order chi connectivity index (χ0) is 20.9. The molecule has 2 N–H and O–H groups in total. The van der Waals surface area contributed by atoms with Crippen molar-refractivity contribution in [3.05, 3.63) is 52.9 Å². The molecule has 6 heteroatoms. The van der Waals surface area contributed by atoms with Gasteiger partial charge in [0.2, 0.25) is 5.91 Å². The molecule has 0 spiro atoms. The standard InChI is InChI=1S/C24H34N4O2/c1-17-22(18(2)30-27-17)13-26-24(29)10-6-9-23-21-11-20(12-25-23)15-28(16-21)14-19-7-4-3-5-8-19/h3-5,7-8,20-21,23,25H,6,9-16H2,1-2H3,(H,26,29)/t20-,21+,23+/m0/s1. The van der Waals surface area contributed by atoms with E-state index >= 15 is 0 Å². The smallest absolute Gasteiger partial charge is 0.220 e. The minimum Gasteiger partial charge on any atom is -0.361 e. The summed E-state index contributed by atoms with van der Waals surface area (Å²) in [5, 5.41) is 10.7. The number of nitrogens with one attached hydrogen (secondary N) is 2. The minimum absolute atomic E-state index is 0.109. The van der Waals surface area contributed by atoms with Gasteiger partial charge in [0.15, 0.2) is 0 Å². The molecule has 0 saturated carbocycles. The van der Waals surface area contributed by atoms with E-state index in [4.69, 9.17) is 4.52 Å². The van der Waals surface area contributed by atoms with Crippen LogP contribution in [0.5, 0.6) is 0 Å². The second-order valence-electron chi connectivity index (χ2n) is 9.03. The molecule has 2 bridgehead atoms. The summed E-state index contributed by atoms with van der Waals surface area (Å²) in [7, 11) is 0. The van der Waals surface area contributed by atoms with Crippen LogP contribution in [-0.2, 0) is 17.9 Å². The summed E-state index contributed by atoms with van der Waals surface area (Å²) < 4.78 is 5.16. The van der Waals surface area contributed by atoms with Gasteiger partial charge in [-0.2, -0.15) is 0 Å². The van der Waals surface area contributed by atoms with Gasteiger partial charge in [0.25, 0.3) is 0 Å². The molecule has 2 aliphatic heterocycles. The lowest BCUT2D eigenvalue weighted by Crippen LogP contribution is -2.55. The van der Waals surface area contributed by atoms with Crippen molar-refractivity contribution in [1.82, 2.24) is 20.7 Å². The number of benzene rings is 1. The number of carbonyl (C=O) groups excluding carboxylic acids is 1. The molecule has 0 unspecified atom stereocenters. The molecule has 1 aromatic carbocycles. The highest BCUT2D eigenvalue weighted by Gasteiger charge is 2.36. The van der Waals surface area contributed by atoms with E-state index in [1.807, 2.05) is 13.8 Å². The fraction of sp³-hybridized carbons (Fsp3) is 0.583. The predicted octanol–water partition coefficient (Wildman–Crippen LogP) is 3.19. The molecule has 1 aromatic heterocycles. The maximum atomic E-state index is 12.3. The van der Waals surface area contributed by atoms with Crippen LogP contribution in [0.4, 0.5) is 0 Å². The van der Waals surface area contributed by atoms with Gasteiger partial charge in [0.1, 0.15) is 5.76 Å². The Morgan fingerprint density at radius 2 is 2.10 bits per heavy atom. The van der Waals surface area contributed by atoms with Crippen LogP contribution in [-0.4, -0.2) is 41.6 Å². The van der Waals surface area contributed by atoms with Crippen LogP contribution in [0.2, 0.25) is 0 Å². The summed E-state index contributed by atoms with van der Waals surface area (Å²) in [6.07, 6.45) is 3.88. The zero-order valence-corrected chi connectivity index (χ0v) is 18.2. The molecule has 6 nitrogen and oxygen atoms in total. The quantitative estimate of drug-likeness (QED) is 0.699. The molecule has 162 valence electrons. The Kier molecular flexibility index (Phi) is 6.85. The molecule has 2 aliphatic rings. The Bertz CT molecular complexity index is 815. The van der Waals surface area contributed by atoms with Gasteiger partial charge in [-0.25, -0.2) is 0 Å². The van der Waals surface area contributed by atoms with Crippen LogP contribution in [0.3, 0.4) is 0 Å². The summed E-state index contributed by atoms with van der Waals surface area (Å²) >= 11 is 0. The molecule has 0 radical (unpaired) electrons. The number of aryl methyl sites for hydroxylation is 2. The van der Waals surface area contributed by atoms with Crippen molar-refractivity contribution in [2.45, 2.75) is 58.7 Å². The molecular weight excluding hydrogens is 376 g/mol. The molecule has 2 saturated heterocycles. The van der Waals surface area contributed by atoms with Crippen LogP contribution in [0.25, 0.3) is 0 Å². The first-order valence-corrected chi connectivity index (χ1v) is 11.3. The van der Waals surface area contributed by atoms with Crippen molar-refractivity contribution in [2.75, 3.05) is 19.6 Å². The lowest BCUT2D eigenvalue weighted by atomic mass is 9.79. The van der Waals surface area contributed by atoms with E-state index in [0.717, 1.165) is 55.4 Å². The van der Waals surface area contributed by atoms with Gasteiger partial charge in [0, 0.05) is 44.2 Å². The average Bonchev–Trinajstić information content (AvgIpc) is 3.06. The molecule has 0 aliphatic carbocycles. The van der Waals surface area contributed by atoms with Gasteiger partial charge >= 0.3 is 0 Å². The van der Waals surface area contributed by atoms with E-state index in [1.54, 1.807) is 0 Å². The summed E-state index contributed by atoms with van der Waals surface area (Å²) in [5.74, 6) is 2.33. The van der Waals surface area contributed by atoms with Gasteiger partial charge in [0.05, 0.1) is 5.69 Å². The number of aromatic nitrogens is 1. The maximum Gasteiger partial charge on any atom is 0.220 e. The Labute approximate surface area is 179 Å². The number of fused-ring (bicyclic) bond motifs is 2. The first kappa shape index (κ1) is 21.1. The summed E-state index contributed by atoms with van der Waals surface area (Å²) in [6, 6.07) is 11.3. The number of nitrogens with zero attached hydrogens (tertiary/aromatic N) is 2. The highest BCUT2D eigenvalue weighted by molar-refractivity contribution is 5.75. The number of hydrogen-bond acceptors (Lipinski definition) is 5. The number of likely N-dealkylation sites (tertiary alicyclic amines) is 1. The number of amides is 1. The average molecular weight is 411 g/mol. The molecular formula is C24H34N4O2. The van der Waals surface area contributed by atoms with E-state index in [-0.39, 0.29) is 5.91 Å². The Morgan fingerprint density at radius 3 is 2.87 bits per heavy atom. The van der Waals surface area contributed by atoms with Crippen LogP contribution < -0.4 is 10.6 Å². The van der Waals surface area contributed by atoms with Crippen LogP contribution in [0.1, 0.15) is 48.3 Å². The Morgan fingerprint density at radius 1 is 1.27 bits per heavy atom. The van der Waals surface area contributed by atoms with Crippen molar-refractivity contribution < 1.29 is 9.32 Å². The van der Waals surface area contributed by atoms with Gasteiger partial charge in [-0.15, -0.1) is 0 Å². The van der Waals surface area contributed by atoms with Crippen LogP contribution >= 0.6 is 0 Å². The van der Waals surface area contributed by atoms with Gasteiger partial charge in [-0.05, 0) is 57.1 Å². The monoisotopic (exact) mass is 410 g/mol. The van der Waals surface area contributed by atoms with E-state index in [9.17, 15) is 4.79 Å². The third kappa shape index (κ3) is 5.29. The van der Waals surface area contributed by atoms with E-state index in [1.165, 1.54) is 18.5 Å². The van der Waals surface area contributed by atoms with Crippen molar-refractivity contribution in [3.8, 4) is 0 Å².